The maximum atomic E-state index is 9.57. The lowest BCUT2D eigenvalue weighted by Crippen LogP contribution is -2.32. The van der Waals surface area contributed by atoms with Gasteiger partial charge in [-0.15, -0.1) is 0 Å². The van der Waals surface area contributed by atoms with E-state index < -0.39 is 5.97 Å². The van der Waals surface area contributed by atoms with Crippen LogP contribution in [0.2, 0.25) is 0 Å². The Morgan fingerprint density at radius 2 is 1.47 bits per heavy atom. The number of ether oxygens (including phenoxy) is 4. The molecule has 2 N–H and O–H groups in total. The van der Waals surface area contributed by atoms with Crippen LogP contribution in [0.1, 0.15) is 5.56 Å². The zero-order valence-electron chi connectivity index (χ0n) is 10.2. The van der Waals surface area contributed by atoms with Crippen LogP contribution >= 0.6 is 0 Å². The maximum absolute atomic E-state index is 9.57. The summed E-state index contributed by atoms with van der Waals surface area (Å²) in [6.45, 7) is 0. The number of phenolic OH excluding ortho intramolecular Hbond substituents is 2. The van der Waals surface area contributed by atoms with E-state index in [1.54, 1.807) is 0 Å². The third kappa shape index (κ3) is 2.28. The molecule has 0 saturated carbocycles. The molecule has 1 aromatic carbocycles. The normalized spacial score (nSPS) is 11.5. The summed E-state index contributed by atoms with van der Waals surface area (Å²) in [4.78, 5) is 0. The first-order valence-electron chi connectivity index (χ1n) is 4.80. The smallest absolute Gasteiger partial charge is 0.311 e. The van der Waals surface area contributed by atoms with Gasteiger partial charge in [-0.25, -0.2) is 0 Å². The van der Waals surface area contributed by atoms with Gasteiger partial charge in [0.2, 0.25) is 5.75 Å². The standard InChI is InChI=1S/C11H16O6/c1-14-9-6-7(5-8(12)10(9)13)11(15-2,16-3)17-4/h5-6,12-13H,1-4H3. The molecule has 0 heterocycles. The Morgan fingerprint density at radius 1 is 0.941 bits per heavy atom. The van der Waals surface area contributed by atoms with E-state index in [1.165, 1.54) is 40.6 Å². The summed E-state index contributed by atoms with van der Waals surface area (Å²) in [6.07, 6.45) is 0. The molecule has 0 unspecified atom stereocenters. The van der Waals surface area contributed by atoms with Gasteiger partial charge in [0.25, 0.3) is 0 Å². The van der Waals surface area contributed by atoms with Crippen LogP contribution in [0.4, 0.5) is 0 Å². The minimum Gasteiger partial charge on any atom is -0.504 e. The van der Waals surface area contributed by atoms with Gasteiger partial charge < -0.3 is 29.2 Å². The van der Waals surface area contributed by atoms with Crippen molar-refractivity contribution < 1.29 is 29.2 Å². The molecule has 0 saturated heterocycles. The van der Waals surface area contributed by atoms with E-state index in [0.29, 0.717) is 5.56 Å². The van der Waals surface area contributed by atoms with Gasteiger partial charge in [0.1, 0.15) is 0 Å². The lowest BCUT2D eigenvalue weighted by atomic mass is 10.1. The van der Waals surface area contributed by atoms with Crippen LogP contribution in [-0.4, -0.2) is 38.7 Å². The minimum atomic E-state index is -1.46. The predicted molar refractivity (Wildman–Crippen MR) is 59.0 cm³/mol. The molecular weight excluding hydrogens is 228 g/mol. The fourth-order valence-corrected chi connectivity index (χ4v) is 1.53. The maximum Gasteiger partial charge on any atom is 0.311 e. The van der Waals surface area contributed by atoms with Crippen LogP contribution < -0.4 is 4.74 Å². The lowest BCUT2D eigenvalue weighted by Gasteiger charge is -2.29. The summed E-state index contributed by atoms with van der Waals surface area (Å²) in [6, 6.07) is 2.72. The average Bonchev–Trinajstić information content (AvgIpc) is 2.36. The molecule has 6 nitrogen and oxygen atoms in total. The van der Waals surface area contributed by atoms with Gasteiger partial charge in [0, 0.05) is 26.9 Å². The molecule has 0 spiro atoms. The van der Waals surface area contributed by atoms with E-state index in [4.69, 9.17) is 18.9 Å². The number of rotatable bonds is 5. The molecule has 0 atom stereocenters. The van der Waals surface area contributed by atoms with Crippen molar-refractivity contribution in [2.24, 2.45) is 0 Å². The molecule has 0 fully saturated rings. The van der Waals surface area contributed by atoms with Gasteiger partial charge in [0.15, 0.2) is 11.5 Å². The Hall–Kier alpha value is -1.50. The molecule has 0 aromatic heterocycles. The van der Waals surface area contributed by atoms with Gasteiger partial charge in [0.05, 0.1) is 7.11 Å². The van der Waals surface area contributed by atoms with Crippen LogP contribution in [0, 0.1) is 0 Å². The van der Waals surface area contributed by atoms with Crippen molar-refractivity contribution in [3.63, 3.8) is 0 Å². The van der Waals surface area contributed by atoms with E-state index in [2.05, 4.69) is 0 Å². The Morgan fingerprint density at radius 3 is 1.88 bits per heavy atom. The highest BCUT2D eigenvalue weighted by Crippen LogP contribution is 2.40. The van der Waals surface area contributed by atoms with Crippen LogP contribution in [-0.2, 0) is 20.2 Å². The van der Waals surface area contributed by atoms with Gasteiger partial charge >= 0.3 is 5.97 Å². The SMILES string of the molecule is COc1cc(C(OC)(OC)OC)cc(O)c1O. The first-order chi connectivity index (χ1) is 8.04. The summed E-state index contributed by atoms with van der Waals surface area (Å²) < 4.78 is 20.3. The van der Waals surface area contributed by atoms with Gasteiger partial charge in [-0.3, -0.25) is 0 Å². The minimum absolute atomic E-state index is 0.0931. The largest absolute Gasteiger partial charge is 0.504 e. The number of hydrogen-bond donors (Lipinski definition) is 2. The molecule has 0 radical (unpaired) electrons. The Bertz CT molecular complexity index is 378. The summed E-state index contributed by atoms with van der Waals surface area (Å²) >= 11 is 0. The van der Waals surface area contributed by atoms with Crippen LogP contribution in [0.25, 0.3) is 0 Å². The van der Waals surface area contributed by atoms with Gasteiger partial charge in [-0.05, 0) is 12.1 Å². The molecule has 1 aromatic rings. The van der Waals surface area contributed by atoms with Crippen LogP contribution in [0.15, 0.2) is 12.1 Å². The van der Waals surface area contributed by atoms with Gasteiger partial charge in [-0.2, -0.15) is 0 Å². The number of phenols is 2. The Balaban J connectivity index is 3.35. The molecule has 0 aliphatic rings. The van der Waals surface area contributed by atoms with Crippen LogP contribution in [0.5, 0.6) is 17.2 Å². The quantitative estimate of drug-likeness (QED) is 0.597. The third-order valence-electron chi connectivity index (χ3n) is 2.43. The molecule has 0 amide bonds. The molecule has 0 aliphatic heterocycles. The highest BCUT2D eigenvalue weighted by atomic mass is 16.9. The summed E-state index contributed by atoms with van der Waals surface area (Å²) in [5.41, 5.74) is 0.358. The average molecular weight is 244 g/mol. The van der Waals surface area contributed by atoms with Crippen LogP contribution in [0.3, 0.4) is 0 Å². The van der Waals surface area contributed by atoms with Crippen molar-refractivity contribution in [2.75, 3.05) is 28.4 Å². The third-order valence-corrected chi connectivity index (χ3v) is 2.43. The lowest BCUT2D eigenvalue weighted by molar-refractivity contribution is -0.364. The summed E-state index contributed by atoms with van der Waals surface area (Å²) in [5, 5.41) is 19.1. The van der Waals surface area contributed by atoms with E-state index >= 15 is 0 Å². The second kappa shape index (κ2) is 5.22. The monoisotopic (exact) mass is 244 g/mol. The van der Waals surface area contributed by atoms with E-state index in [-0.39, 0.29) is 17.2 Å². The summed E-state index contributed by atoms with van der Waals surface area (Å²) in [5.74, 6) is -2.07. The highest BCUT2D eigenvalue weighted by Gasteiger charge is 2.34. The second-order valence-corrected chi connectivity index (χ2v) is 3.21. The Kier molecular flexibility index (Phi) is 4.17. The second-order valence-electron chi connectivity index (χ2n) is 3.21. The number of aromatic hydroxyl groups is 2. The molecule has 1 rings (SSSR count). The molecular formula is C11H16O6. The molecule has 96 valence electrons. The number of hydrogen-bond acceptors (Lipinski definition) is 6. The number of methoxy groups -OCH3 is 4. The van der Waals surface area contributed by atoms with Crippen molar-refractivity contribution >= 4 is 0 Å². The fraction of sp³-hybridized carbons (Fsp3) is 0.455. The molecule has 6 heteroatoms. The molecule has 0 bridgehead atoms. The summed E-state index contributed by atoms with van der Waals surface area (Å²) in [7, 11) is 5.54. The first kappa shape index (κ1) is 13.6. The number of benzene rings is 1. The topological polar surface area (TPSA) is 77.4 Å². The molecule has 0 aliphatic carbocycles. The van der Waals surface area contributed by atoms with E-state index in [1.807, 2.05) is 0 Å². The highest BCUT2D eigenvalue weighted by molar-refractivity contribution is 5.52. The zero-order chi connectivity index (χ0) is 13.1. The zero-order valence-corrected chi connectivity index (χ0v) is 10.2. The van der Waals surface area contributed by atoms with E-state index in [0.717, 1.165) is 0 Å². The first-order valence-corrected chi connectivity index (χ1v) is 4.80. The van der Waals surface area contributed by atoms with Crippen molar-refractivity contribution in [3.05, 3.63) is 17.7 Å². The fourth-order valence-electron chi connectivity index (χ4n) is 1.53. The van der Waals surface area contributed by atoms with Crippen molar-refractivity contribution in [1.82, 2.24) is 0 Å². The Labute approximate surface area is 99.3 Å². The van der Waals surface area contributed by atoms with Crippen molar-refractivity contribution in [2.45, 2.75) is 5.97 Å². The predicted octanol–water partition coefficient (Wildman–Crippen LogP) is 1.16. The van der Waals surface area contributed by atoms with Crippen molar-refractivity contribution in [1.29, 1.82) is 0 Å². The van der Waals surface area contributed by atoms with Gasteiger partial charge in [-0.1, -0.05) is 0 Å². The van der Waals surface area contributed by atoms with Crippen molar-refractivity contribution in [3.8, 4) is 17.2 Å². The molecule has 17 heavy (non-hydrogen) atoms. The van der Waals surface area contributed by atoms with E-state index in [9.17, 15) is 10.2 Å².